The first-order valence-corrected chi connectivity index (χ1v) is 6.11. The van der Waals surface area contributed by atoms with Gasteiger partial charge in [-0.05, 0) is 12.1 Å². The Hall–Kier alpha value is -2.05. The number of hydrogen-bond donors (Lipinski definition) is 1. The van der Waals surface area contributed by atoms with Gasteiger partial charge in [0.25, 0.3) is 0 Å². The highest BCUT2D eigenvalue weighted by molar-refractivity contribution is 6.33. The van der Waals surface area contributed by atoms with Crippen LogP contribution in [0.2, 0.25) is 5.15 Å². The number of carboxylic acids is 1. The molecule has 0 saturated heterocycles. The van der Waals surface area contributed by atoms with E-state index in [1.807, 2.05) is 0 Å². The highest BCUT2D eigenvalue weighted by atomic mass is 35.5. The summed E-state index contributed by atoms with van der Waals surface area (Å²) in [6, 6.07) is 7.06. The molecule has 0 radical (unpaired) electrons. The number of carbonyl (C=O) groups is 1. The van der Waals surface area contributed by atoms with E-state index in [9.17, 15) is 9.90 Å². The molecule has 6 nitrogen and oxygen atoms in total. The molecule has 0 saturated carbocycles. The van der Waals surface area contributed by atoms with E-state index in [0.29, 0.717) is 11.4 Å². The highest BCUT2D eigenvalue weighted by Crippen LogP contribution is 2.29. The molecule has 106 valence electrons. The number of hydrogen-bond acceptors (Lipinski definition) is 4. The summed E-state index contributed by atoms with van der Waals surface area (Å²) in [5.41, 5.74) is 0.750. The Morgan fingerprint density at radius 3 is 2.70 bits per heavy atom. The molecule has 0 unspecified atom stereocenters. The summed E-state index contributed by atoms with van der Waals surface area (Å²) >= 11 is 6.13. The smallest absolute Gasteiger partial charge is 0.340 e. The van der Waals surface area contributed by atoms with Crippen molar-refractivity contribution in [3.63, 3.8) is 0 Å². The van der Waals surface area contributed by atoms with Crippen LogP contribution in [0, 0.1) is 0 Å². The Kier molecular flexibility index (Phi) is 4.26. The topological polar surface area (TPSA) is 73.6 Å². The van der Waals surface area contributed by atoms with Crippen molar-refractivity contribution in [3.05, 3.63) is 40.7 Å². The lowest BCUT2D eigenvalue weighted by Crippen LogP contribution is -2.01. The molecule has 0 amide bonds. The van der Waals surface area contributed by atoms with E-state index in [1.54, 1.807) is 24.3 Å². The van der Waals surface area contributed by atoms with Crippen LogP contribution in [0.1, 0.15) is 16.1 Å². The van der Waals surface area contributed by atoms with Gasteiger partial charge in [-0.2, -0.15) is 5.10 Å². The summed E-state index contributed by atoms with van der Waals surface area (Å²) in [6.45, 7) is 0.0590. The average Bonchev–Trinajstić information content (AvgIpc) is 2.76. The van der Waals surface area contributed by atoms with Gasteiger partial charge in [0.1, 0.15) is 27.8 Å². The molecule has 1 aromatic carbocycles. The zero-order valence-electron chi connectivity index (χ0n) is 11.0. The fourth-order valence-electron chi connectivity index (χ4n) is 1.85. The Bertz CT molecular complexity index is 639. The zero-order valence-corrected chi connectivity index (χ0v) is 11.7. The Labute approximate surface area is 120 Å². The number of benzene rings is 1. The van der Waals surface area contributed by atoms with E-state index in [1.165, 1.54) is 18.9 Å². The van der Waals surface area contributed by atoms with Gasteiger partial charge in [0, 0.05) is 7.11 Å². The van der Waals surface area contributed by atoms with Crippen LogP contribution >= 0.6 is 11.6 Å². The molecule has 2 rings (SSSR count). The molecule has 0 aliphatic carbocycles. The summed E-state index contributed by atoms with van der Waals surface area (Å²) in [5, 5.41) is 13.4. The number of rotatable bonds is 5. The van der Waals surface area contributed by atoms with Crippen molar-refractivity contribution in [3.8, 4) is 11.4 Å². The van der Waals surface area contributed by atoms with Crippen molar-refractivity contribution in [1.82, 2.24) is 9.78 Å². The molecular weight excluding hydrogens is 284 g/mol. The lowest BCUT2D eigenvalue weighted by Gasteiger charge is -2.08. The minimum Gasteiger partial charge on any atom is -0.494 e. The minimum absolute atomic E-state index is 0.00838. The lowest BCUT2D eigenvalue weighted by molar-refractivity contribution is 0.0692. The number of para-hydroxylation sites is 2. The molecule has 1 N–H and O–H groups in total. The number of halogens is 1. The predicted molar refractivity (Wildman–Crippen MR) is 72.8 cm³/mol. The van der Waals surface area contributed by atoms with Crippen LogP contribution in [0.25, 0.3) is 5.69 Å². The second-order valence-electron chi connectivity index (χ2n) is 3.93. The second-order valence-corrected chi connectivity index (χ2v) is 4.29. The number of ether oxygens (including phenoxy) is 2. The maximum Gasteiger partial charge on any atom is 0.340 e. The first kappa shape index (κ1) is 14.4. The van der Waals surface area contributed by atoms with Gasteiger partial charge in [-0.3, -0.25) is 0 Å². The second kappa shape index (κ2) is 5.94. The van der Waals surface area contributed by atoms with Gasteiger partial charge in [0.2, 0.25) is 0 Å². The van der Waals surface area contributed by atoms with Crippen LogP contribution in [-0.2, 0) is 11.3 Å². The summed E-state index contributed by atoms with van der Waals surface area (Å²) in [5.74, 6) is -0.610. The van der Waals surface area contributed by atoms with E-state index in [2.05, 4.69) is 5.10 Å². The van der Waals surface area contributed by atoms with Crippen molar-refractivity contribution in [2.24, 2.45) is 0 Å². The number of aromatic carboxylic acids is 1. The molecule has 1 aromatic heterocycles. The molecule has 0 atom stereocenters. The quantitative estimate of drug-likeness (QED) is 0.917. The van der Waals surface area contributed by atoms with E-state index in [4.69, 9.17) is 21.1 Å². The Balaban J connectivity index is 2.63. The molecule has 0 bridgehead atoms. The molecule has 0 aliphatic heterocycles. The van der Waals surface area contributed by atoms with E-state index in [0.717, 1.165) is 0 Å². The van der Waals surface area contributed by atoms with E-state index in [-0.39, 0.29) is 23.0 Å². The maximum atomic E-state index is 11.3. The third-order valence-corrected chi connectivity index (χ3v) is 3.06. The largest absolute Gasteiger partial charge is 0.494 e. The van der Waals surface area contributed by atoms with Gasteiger partial charge in [-0.1, -0.05) is 23.7 Å². The molecule has 2 aromatic rings. The minimum atomic E-state index is -1.15. The molecule has 7 heteroatoms. The monoisotopic (exact) mass is 296 g/mol. The van der Waals surface area contributed by atoms with Crippen molar-refractivity contribution in [2.75, 3.05) is 14.2 Å². The van der Waals surface area contributed by atoms with Gasteiger partial charge < -0.3 is 14.6 Å². The van der Waals surface area contributed by atoms with Crippen molar-refractivity contribution < 1.29 is 19.4 Å². The van der Waals surface area contributed by atoms with Gasteiger partial charge in [-0.25, -0.2) is 9.48 Å². The lowest BCUT2D eigenvalue weighted by atomic mass is 10.2. The number of carboxylic acid groups (broad SMARTS) is 1. The third-order valence-electron chi connectivity index (χ3n) is 2.71. The number of methoxy groups -OCH3 is 2. The Morgan fingerprint density at radius 2 is 2.10 bits per heavy atom. The Morgan fingerprint density at radius 1 is 1.40 bits per heavy atom. The normalized spacial score (nSPS) is 10.6. The average molecular weight is 297 g/mol. The summed E-state index contributed by atoms with van der Waals surface area (Å²) in [4.78, 5) is 11.3. The zero-order chi connectivity index (χ0) is 14.7. The van der Waals surface area contributed by atoms with Crippen LogP contribution < -0.4 is 4.74 Å². The SMILES string of the molecule is COCc1nn(-c2ccccc2OC)c(Cl)c1C(=O)O. The maximum absolute atomic E-state index is 11.3. The fraction of sp³-hybridized carbons (Fsp3) is 0.231. The molecule has 0 aliphatic rings. The van der Waals surface area contributed by atoms with Crippen LogP contribution in [-0.4, -0.2) is 35.1 Å². The van der Waals surface area contributed by atoms with Crippen LogP contribution in [0.5, 0.6) is 5.75 Å². The summed E-state index contributed by atoms with van der Waals surface area (Å²) in [7, 11) is 2.98. The van der Waals surface area contributed by atoms with Gasteiger partial charge >= 0.3 is 5.97 Å². The third kappa shape index (κ3) is 2.48. The van der Waals surface area contributed by atoms with Crippen LogP contribution in [0.3, 0.4) is 0 Å². The first-order chi connectivity index (χ1) is 9.60. The predicted octanol–water partition coefficient (Wildman–Crippen LogP) is 2.38. The fourth-order valence-corrected chi connectivity index (χ4v) is 2.17. The van der Waals surface area contributed by atoms with Crippen molar-refractivity contribution in [1.29, 1.82) is 0 Å². The molecule has 1 heterocycles. The first-order valence-electron chi connectivity index (χ1n) is 5.73. The van der Waals surface area contributed by atoms with Crippen molar-refractivity contribution in [2.45, 2.75) is 6.61 Å². The van der Waals surface area contributed by atoms with Crippen LogP contribution in [0.4, 0.5) is 0 Å². The molecule has 20 heavy (non-hydrogen) atoms. The van der Waals surface area contributed by atoms with E-state index >= 15 is 0 Å². The molecule has 0 spiro atoms. The molecule has 0 fully saturated rings. The molecular formula is C13H13ClN2O4. The van der Waals surface area contributed by atoms with Crippen LogP contribution in [0.15, 0.2) is 24.3 Å². The van der Waals surface area contributed by atoms with Gasteiger partial charge in [0.05, 0.1) is 13.7 Å². The van der Waals surface area contributed by atoms with E-state index < -0.39 is 5.97 Å². The van der Waals surface area contributed by atoms with Gasteiger partial charge in [-0.15, -0.1) is 0 Å². The number of aromatic nitrogens is 2. The number of nitrogens with zero attached hydrogens (tertiary/aromatic N) is 2. The van der Waals surface area contributed by atoms with Gasteiger partial charge in [0.15, 0.2) is 0 Å². The summed E-state index contributed by atoms with van der Waals surface area (Å²) in [6.07, 6.45) is 0. The highest BCUT2D eigenvalue weighted by Gasteiger charge is 2.24. The summed E-state index contributed by atoms with van der Waals surface area (Å²) < 4.78 is 11.5. The standard InChI is InChI=1S/C13H13ClN2O4/c1-19-7-8-11(13(17)18)12(14)16(15-8)9-5-3-4-6-10(9)20-2/h3-6H,7H2,1-2H3,(H,17,18). The van der Waals surface area contributed by atoms with Crippen molar-refractivity contribution >= 4 is 17.6 Å².